The molecule has 1 N–H and O–H groups in total. The lowest BCUT2D eigenvalue weighted by molar-refractivity contribution is -0.119. The normalized spacial score (nSPS) is 15.3. The first kappa shape index (κ1) is 26.5. The third-order valence-electron chi connectivity index (χ3n) is 6.63. The van der Waals surface area contributed by atoms with Gasteiger partial charge in [-0.05, 0) is 43.0 Å². The van der Waals surface area contributed by atoms with Crippen LogP contribution in [0.25, 0.3) is 22.4 Å². The zero-order valence-electron chi connectivity index (χ0n) is 21.3. The van der Waals surface area contributed by atoms with Gasteiger partial charge in [-0.15, -0.1) is 11.3 Å². The lowest BCUT2D eigenvalue weighted by Crippen LogP contribution is -2.43. The van der Waals surface area contributed by atoms with Crippen molar-refractivity contribution in [3.8, 4) is 22.4 Å². The van der Waals surface area contributed by atoms with E-state index in [1.165, 1.54) is 41.6 Å². The quantitative estimate of drug-likeness (QED) is 0.331. The standard InChI is InChI=1S/C28H26N4O5S2/c1-18(33)19-8-10-20(11-9-19)21-5-3-6-22(15-21)24-17-38-28(29-24)30-26(34)25-7-4-13-32(25)27(35)23-12-14-31(16-23)39(2,36)37/h3,5-6,8-12,14-17,25H,4,7,13H2,1-2H3,(H,29,30,34)/t25-/m0/s1. The van der Waals surface area contributed by atoms with Crippen molar-refractivity contribution in [2.24, 2.45) is 0 Å². The maximum Gasteiger partial charge on any atom is 0.256 e. The summed E-state index contributed by atoms with van der Waals surface area (Å²) in [6.07, 6.45) is 4.82. The number of Topliss-reactive ketones (excluding diaryl/α,β-unsaturated/α-hetero) is 1. The van der Waals surface area contributed by atoms with Crippen LogP contribution in [0.4, 0.5) is 5.13 Å². The van der Waals surface area contributed by atoms with Crippen LogP contribution in [0.3, 0.4) is 0 Å². The van der Waals surface area contributed by atoms with Gasteiger partial charge >= 0.3 is 0 Å². The highest BCUT2D eigenvalue weighted by molar-refractivity contribution is 7.89. The van der Waals surface area contributed by atoms with E-state index in [4.69, 9.17) is 0 Å². The number of ketones is 1. The van der Waals surface area contributed by atoms with Crippen molar-refractivity contribution >= 4 is 44.1 Å². The number of aromatic nitrogens is 2. The average Bonchev–Trinajstić information content (AvgIpc) is 3.69. The Kier molecular flexibility index (Phi) is 7.19. The van der Waals surface area contributed by atoms with Gasteiger partial charge in [0, 0.05) is 35.4 Å². The Morgan fingerprint density at radius 2 is 1.74 bits per heavy atom. The molecule has 1 atom stereocenters. The zero-order chi connectivity index (χ0) is 27.7. The SMILES string of the molecule is CC(=O)c1ccc(-c2cccc(-c3csc(NC(=O)[C@@H]4CCCN4C(=O)c4ccn(S(C)(=O)=O)c4)n3)c2)cc1. The van der Waals surface area contributed by atoms with Crippen LogP contribution in [-0.4, -0.2) is 58.7 Å². The third-order valence-corrected chi connectivity index (χ3v) is 8.38. The Bertz CT molecular complexity index is 1670. The first-order valence-electron chi connectivity index (χ1n) is 12.3. The summed E-state index contributed by atoms with van der Waals surface area (Å²) in [4.78, 5) is 43.8. The van der Waals surface area contributed by atoms with Crippen molar-refractivity contribution in [3.05, 3.63) is 83.5 Å². The van der Waals surface area contributed by atoms with Gasteiger partial charge < -0.3 is 10.2 Å². The zero-order valence-corrected chi connectivity index (χ0v) is 23.0. The molecule has 4 aromatic rings. The van der Waals surface area contributed by atoms with Crippen LogP contribution in [0.1, 0.15) is 40.5 Å². The van der Waals surface area contributed by atoms with Gasteiger partial charge in [0.15, 0.2) is 10.9 Å². The Hall–Kier alpha value is -4.09. The monoisotopic (exact) mass is 562 g/mol. The number of amides is 2. The maximum absolute atomic E-state index is 13.1. The Labute approximate surface area is 230 Å². The van der Waals surface area contributed by atoms with E-state index >= 15 is 0 Å². The molecule has 2 aromatic carbocycles. The number of anilines is 1. The number of thiazole rings is 1. The fraction of sp³-hybridized carbons (Fsp3) is 0.214. The summed E-state index contributed by atoms with van der Waals surface area (Å²) < 4.78 is 24.5. The summed E-state index contributed by atoms with van der Waals surface area (Å²) >= 11 is 1.30. The van der Waals surface area contributed by atoms with Crippen molar-refractivity contribution in [2.45, 2.75) is 25.8 Å². The van der Waals surface area contributed by atoms with Crippen LogP contribution < -0.4 is 5.32 Å². The van der Waals surface area contributed by atoms with Crippen LogP contribution in [0, 0.1) is 0 Å². The average molecular weight is 563 g/mol. The van der Waals surface area contributed by atoms with Crippen LogP contribution >= 0.6 is 11.3 Å². The minimum Gasteiger partial charge on any atom is -0.327 e. The second-order valence-electron chi connectivity index (χ2n) is 9.39. The molecule has 5 rings (SSSR count). The maximum atomic E-state index is 13.1. The molecule has 0 radical (unpaired) electrons. The Morgan fingerprint density at radius 3 is 2.44 bits per heavy atom. The number of carbonyl (C=O) groups is 3. The van der Waals surface area contributed by atoms with Crippen molar-refractivity contribution in [2.75, 3.05) is 18.1 Å². The second kappa shape index (κ2) is 10.6. The molecule has 0 saturated carbocycles. The molecule has 0 aliphatic carbocycles. The molecule has 9 nitrogen and oxygen atoms in total. The Morgan fingerprint density at radius 1 is 1.00 bits per heavy atom. The summed E-state index contributed by atoms with van der Waals surface area (Å²) in [5, 5.41) is 5.13. The van der Waals surface area contributed by atoms with Crippen LogP contribution in [0.2, 0.25) is 0 Å². The highest BCUT2D eigenvalue weighted by Gasteiger charge is 2.35. The van der Waals surface area contributed by atoms with Gasteiger partial charge in [0.1, 0.15) is 6.04 Å². The summed E-state index contributed by atoms with van der Waals surface area (Å²) in [6.45, 7) is 1.94. The number of rotatable bonds is 7. The van der Waals surface area contributed by atoms with Gasteiger partial charge in [-0.25, -0.2) is 13.4 Å². The largest absolute Gasteiger partial charge is 0.327 e. The van der Waals surface area contributed by atoms with Gasteiger partial charge in [-0.1, -0.05) is 42.5 Å². The number of hydrogen-bond acceptors (Lipinski definition) is 7. The first-order chi connectivity index (χ1) is 18.6. The molecule has 1 aliphatic heterocycles. The van der Waals surface area contributed by atoms with Gasteiger partial charge in [-0.2, -0.15) is 0 Å². The number of nitrogens with one attached hydrogen (secondary N) is 1. The molecule has 2 aromatic heterocycles. The lowest BCUT2D eigenvalue weighted by Gasteiger charge is -2.23. The van der Waals surface area contributed by atoms with Crippen molar-refractivity contribution in [3.63, 3.8) is 0 Å². The third kappa shape index (κ3) is 5.69. The van der Waals surface area contributed by atoms with E-state index in [1.54, 1.807) is 12.1 Å². The summed E-state index contributed by atoms with van der Waals surface area (Å²) in [7, 11) is -3.51. The molecule has 1 saturated heterocycles. The smallest absolute Gasteiger partial charge is 0.256 e. The molecular formula is C28H26N4O5S2. The predicted octanol–water partition coefficient (Wildman–Crippen LogP) is 4.53. The topological polar surface area (TPSA) is 118 Å². The van der Waals surface area contributed by atoms with E-state index in [0.29, 0.717) is 35.8 Å². The van der Waals surface area contributed by atoms with E-state index in [9.17, 15) is 22.8 Å². The van der Waals surface area contributed by atoms with Crippen molar-refractivity contribution in [1.82, 2.24) is 13.9 Å². The molecular weight excluding hydrogens is 536 g/mol. The van der Waals surface area contributed by atoms with E-state index in [0.717, 1.165) is 26.9 Å². The summed E-state index contributed by atoms with van der Waals surface area (Å²) in [5.74, 6) is -0.699. The highest BCUT2D eigenvalue weighted by atomic mass is 32.2. The first-order valence-corrected chi connectivity index (χ1v) is 15.0. The fourth-order valence-electron chi connectivity index (χ4n) is 4.57. The number of hydrogen-bond donors (Lipinski definition) is 1. The molecule has 0 spiro atoms. The van der Waals surface area contributed by atoms with Gasteiger partial charge in [0.05, 0.1) is 17.5 Å². The number of likely N-dealkylation sites (tertiary alicyclic amines) is 1. The van der Waals surface area contributed by atoms with Crippen molar-refractivity contribution < 1.29 is 22.8 Å². The fourth-order valence-corrected chi connectivity index (χ4v) is 5.88. The predicted molar refractivity (Wildman–Crippen MR) is 150 cm³/mol. The molecule has 11 heteroatoms. The van der Waals surface area contributed by atoms with Crippen LogP contribution in [-0.2, 0) is 14.8 Å². The Balaban J connectivity index is 1.28. The minimum absolute atomic E-state index is 0.0171. The van der Waals surface area contributed by atoms with Crippen LogP contribution in [0.5, 0.6) is 0 Å². The van der Waals surface area contributed by atoms with E-state index in [-0.39, 0.29) is 23.2 Å². The minimum atomic E-state index is -3.51. The van der Waals surface area contributed by atoms with Gasteiger partial charge in [-0.3, -0.25) is 18.4 Å². The van der Waals surface area contributed by atoms with E-state index in [1.807, 2.05) is 41.8 Å². The summed E-state index contributed by atoms with van der Waals surface area (Å²) in [5.41, 5.74) is 4.42. The molecule has 0 unspecified atom stereocenters. The molecule has 39 heavy (non-hydrogen) atoms. The number of nitrogens with zero attached hydrogens (tertiary/aromatic N) is 3. The van der Waals surface area contributed by atoms with E-state index < -0.39 is 16.1 Å². The number of carbonyl (C=O) groups excluding carboxylic acids is 3. The molecule has 1 fully saturated rings. The molecule has 1 aliphatic rings. The van der Waals surface area contributed by atoms with E-state index in [2.05, 4.69) is 10.3 Å². The summed E-state index contributed by atoms with van der Waals surface area (Å²) in [6, 6.07) is 16.1. The number of benzene rings is 2. The highest BCUT2D eigenvalue weighted by Crippen LogP contribution is 2.30. The van der Waals surface area contributed by atoms with Gasteiger partial charge in [0.25, 0.3) is 5.91 Å². The molecule has 200 valence electrons. The molecule has 0 bridgehead atoms. The van der Waals surface area contributed by atoms with Gasteiger partial charge in [0.2, 0.25) is 15.9 Å². The van der Waals surface area contributed by atoms with Crippen molar-refractivity contribution in [1.29, 1.82) is 0 Å². The second-order valence-corrected chi connectivity index (χ2v) is 12.1. The lowest BCUT2D eigenvalue weighted by atomic mass is 10.0. The molecule has 2 amide bonds. The molecule has 3 heterocycles. The van der Waals surface area contributed by atoms with Crippen LogP contribution in [0.15, 0.2) is 72.4 Å².